The van der Waals surface area contributed by atoms with Crippen LogP contribution in [0.2, 0.25) is 5.02 Å². The molecule has 23 heavy (non-hydrogen) atoms. The van der Waals surface area contributed by atoms with Gasteiger partial charge in [0.25, 0.3) is 0 Å². The van der Waals surface area contributed by atoms with Gasteiger partial charge < -0.3 is 9.47 Å². The summed E-state index contributed by atoms with van der Waals surface area (Å²) in [5.41, 5.74) is 0.805. The van der Waals surface area contributed by atoms with Crippen LogP contribution >= 0.6 is 11.6 Å². The number of hydrogen-bond donors (Lipinski definition) is 0. The molecule has 1 aromatic heterocycles. The second-order valence-corrected chi connectivity index (χ2v) is 5.54. The van der Waals surface area contributed by atoms with Crippen LogP contribution in [0, 0.1) is 0 Å². The highest BCUT2D eigenvalue weighted by atomic mass is 35.5. The molecule has 6 heteroatoms. The van der Waals surface area contributed by atoms with E-state index in [4.69, 9.17) is 21.1 Å². The number of aromatic nitrogens is 2. The largest absolute Gasteiger partial charge is 0.494 e. The zero-order valence-corrected chi connectivity index (χ0v) is 13.7. The Morgan fingerprint density at radius 1 is 1.26 bits per heavy atom. The van der Waals surface area contributed by atoms with Crippen molar-refractivity contribution < 1.29 is 14.3 Å². The molecule has 122 valence electrons. The van der Waals surface area contributed by atoms with Crippen molar-refractivity contribution in [3.63, 3.8) is 0 Å². The maximum absolute atomic E-state index is 11.8. The zero-order chi connectivity index (χ0) is 16.5. The Morgan fingerprint density at radius 2 is 2.04 bits per heavy atom. The standard InChI is InChI=1S/C17H19ClN2O3/c1-13(11-15-12-19-8-9-20-15)23-17(21)3-2-10-22-16-6-4-14(18)5-7-16/h4-9,12-13H,2-3,10-11H2,1H3. The molecule has 0 saturated heterocycles. The molecule has 0 fully saturated rings. The third kappa shape index (κ3) is 6.65. The van der Waals surface area contributed by atoms with Gasteiger partial charge in [-0.1, -0.05) is 11.6 Å². The van der Waals surface area contributed by atoms with Crippen LogP contribution < -0.4 is 4.74 Å². The fraction of sp³-hybridized carbons (Fsp3) is 0.353. The van der Waals surface area contributed by atoms with Crippen molar-refractivity contribution in [3.8, 4) is 5.75 Å². The van der Waals surface area contributed by atoms with Crippen LogP contribution in [-0.4, -0.2) is 28.6 Å². The van der Waals surface area contributed by atoms with E-state index in [1.54, 1.807) is 42.9 Å². The molecule has 0 aliphatic carbocycles. The van der Waals surface area contributed by atoms with E-state index in [0.717, 1.165) is 11.4 Å². The first-order chi connectivity index (χ1) is 11.1. The van der Waals surface area contributed by atoms with Gasteiger partial charge in [-0.05, 0) is 37.6 Å². The minimum Gasteiger partial charge on any atom is -0.494 e. The van der Waals surface area contributed by atoms with Gasteiger partial charge in [-0.2, -0.15) is 0 Å². The number of rotatable bonds is 8. The topological polar surface area (TPSA) is 61.3 Å². The van der Waals surface area contributed by atoms with E-state index >= 15 is 0 Å². The molecule has 0 amide bonds. The van der Waals surface area contributed by atoms with Gasteiger partial charge in [0.2, 0.25) is 0 Å². The molecule has 0 aliphatic rings. The molecule has 2 aromatic rings. The van der Waals surface area contributed by atoms with E-state index in [-0.39, 0.29) is 12.1 Å². The summed E-state index contributed by atoms with van der Waals surface area (Å²) in [6.07, 6.45) is 6.15. The zero-order valence-electron chi connectivity index (χ0n) is 12.9. The van der Waals surface area contributed by atoms with Gasteiger partial charge in [-0.3, -0.25) is 14.8 Å². The van der Waals surface area contributed by atoms with Crippen LogP contribution in [0.3, 0.4) is 0 Å². The molecule has 1 unspecified atom stereocenters. The maximum atomic E-state index is 11.8. The van der Waals surface area contributed by atoms with Crippen molar-refractivity contribution in [1.29, 1.82) is 0 Å². The van der Waals surface area contributed by atoms with Crippen molar-refractivity contribution in [2.75, 3.05) is 6.61 Å². The molecule has 0 spiro atoms. The molecule has 0 radical (unpaired) electrons. The molecule has 0 bridgehead atoms. The van der Waals surface area contributed by atoms with Crippen molar-refractivity contribution in [2.45, 2.75) is 32.3 Å². The van der Waals surface area contributed by atoms with Crippen LogP contribution in [0.1, 0.15) is 25.5 Å². The molecular formula is C17H19ClN2O3. The van der Waals surface area contributed by atoms with Gasteiger partial charge in [0, 0.05) is 36.5 Å². The van der Waals surface area contributed by atoms with Crippen LogP contribution in [0.25, 0.3) is 0 Å². The molecule has 1 atom stereocenters. The first-order valence-corrected chi connectivity index (χ1v) is 7.84. The van der Waals surface area contributed by atoms with E-state index < -0.39 is 0 Å². The van der Waals surface area contributed by atoms with Crippen molar-refractivity contribution in [3.05, 3.63) is 53.6 Å². The first-order valence-electron chi connectivity index (χ1n) is 7.46. The van der Waals surface area contributed by atoms with Gasteiger partial charge >= 0.3 is 5.97 Å². The van der Waals surface area contributed by atoms with Crippen LogP contribution in [0.15, 0.2) is 42.9 Å². The first kappa shape index (κ1) is 17.2. The normalized spacial score (nSPS) is 11.7. The lowest BCUT2D eigenvalue weighted by molar-refractivity contribution is -0.148. The summed E-state index contributed by atoms with van der Waals surface area (Å²) in [5.74, 6) is 0.500. The summed E-state index contributed by atoms with van der Waals surface area (Å²) < 4.78 is 10.9. The van der Waals surface area contributed by atoms with Crippen molar-refractivity contribution >= 4 is 17.6 Å². The van der Waals surface area contributed by atoms with E-state index in [0.29, 0.717) is 30.9 Å². The minimum absolute atomic E-state index is 0.226. The third-order valence-electron chi connectivity index (χ3n) is 3.05. The second kappa shape index (κ2) is 9.10. The lowest BCUT2D eigenvalue weighted by Gasteiger charge is -2.12. The Kier molecular flexibility index (Phi) is 6.81. The lowest BCUT2D eigenvalue weighted by Crippen LogP contribution is -2.18. The van der Waals surface area contributed by atoms with E-state index in [2.05, 4.69) is 9.97 Å². The number of halogens is 1. The van der Waals surface area contributed by atoms with Gasteiger partial charge in [0.15, 0.2) is 0 Å². The molecule has 0 N–H and O–H groups in total. The molecular weight excluding hydrogens is 316 g/mol. The highest BCUT2D eigenvalue weighted by Crippen LogP contribution is 2.15. The van der Waals surface area contributed by atoms with Crippen molar-refractivity contribution in [1.82, 2.24) is 9.97 Å². The Bertz CT molecular complexity index is 605. The number of carbonyl (C=O) groups is 1. The second-order valence-electron chi connectivity index (χ2n) is 5.11. The number of hydrogen-bond acceptors (Lipinski definition) is 5. The Morgan fingerprint density at radius 3 is 2.74 bits per heavy atom. The average Bonchev–Trinajstić information content (AvgIpc) is 2.54. The van der Waals surface area contributed by atoms with Crippen LogP contribution in [0.4, 0.5) is 0 Å². The number of nitrogens with zero attached hydrogens (tertiary/aromatic N) is 2. The van der Waals surface area contributed by atoms with E-state index in [1.165, 1.54) is 0 Å². The SMILES string of the molecule is CC(Cc1cnccn1)OC(=O)CCCOc1ccc(Cl)cc1. The Hall–Kier alpha value is -2.14. The van der Waals surface area contributed by atoms with Crippen LogP contribution in [0.5, 0.6) is 5.75 Å². The monoisotopic (exact) mass is 334 g/mol. The number of benzene rings is 1. The summed E-state index contributed by atoms with van der Waals surface area (Å²) in [4.78, 5) is 19.9. The fourth-order valence-corrected chi connectivity index (χ4v) is 2.12. The summed E-state index contributed by atoms with van der Waals surface area (Å²) >= 11 is 5.80. The summed E-state index contributed by atoms with van der Waals surface area (Å²) in [7, 11) is 0. The predicted molar refractivity (Wildman–Crippen MR) is 87.5 cm³/mol. The number of esters is 1. The summed E-state index contributed by atoms with van der Waals surface area (Å²) in [5, 5.41) is 0.665. The number of carbonyl (C=O) groups excluding carboxylic acids is 1. The molecule has 0 saturated carbocycles. The van der Waals surface area contributed by atoms with Gasteiger partial charge in [-0.15, -0.1) is 0 Å². The summed E-state index contributed by atoms with van der Waals surface area (Å²) in [6, 6.07) is 7.12. The molecule has 2 rings (SSSR count). The quantitative estimate of drug-likeness (QED) is 0.546. The average molecular weight is 335 g/mol. The summed E-state index contributed by atoms with van der Waals surface area (Å²) in [6.45, 7) is 2.30. The van der Waals surface area contributed by atoms with Gasteiger partial charge in [-0.25, -0.2) is 0 Å². The molecule has 0 aliphatic heterocycles. The van der Waals surface area contributed by atoms with Crippen LogP contribution in [-0.2, 0) is 16.0 Å². The third-order valence-corrected chi connectivity index (χ3v) is 3.31. The smallest absolute Gasteiger partial charge is 0.306 e. The molecule has 5 nitrogen and oxygen atoms in total. The Labute approximate surface area is 140 Å². The minimum atomic E-state index is -0.235. The number of ether oxygens (including phenoxy) is 2. The van der Waals surface area contributed by atoms with E-state index in [1.807, 2.05) is 6.92 Å². The van der Waals surface area contributed by atoms with E-state index in [9.17, 15) is 4.79 Å². The highest BCUT2D eigenvalue weighted by molar-refractivity contribution is 6.30. The van der Waals surface area contributed by atoms with Gasteiger partial charge in [0.05, 0.1) is 12.3 Å². The fourth-order valence-electron chi connectivity index (χ4n) is 1.99. The molecule has 1 heterocycles. The van der Waals surface area contributed by atoms with Gasteiger partial charge in [0.1, 0.15) is 11.9 Å². The maximum Gasteiger partial charge on any atom is 0.306 e. The van der Waals surface area contributed by atoms with Crippen molar-refractivity contribution in [2.24, 2.45) is 0 Å². The predicted octanol–water partition coefficient (Wildman–Crippen LogP) is 3.46. The lowest BCUT2D eigenvalue weighted by atomic mass is 10.2. The Balaban J connectivity index is 1.62. The highest BCUT2D eigenvalue weighted by Gasteiger charge is 2.11. The molecule has 1 aromatic carbocycles.